The van der Waals surface area contributed by atoms with E-state index in [-0.39, 0.29) is 11.7 Å². The summed E-state index contributed by atoms with van der Waals surface area (Å²) in [6, 6.07) is 0. The third-order valence-corrected chi connectivity index (χ3v) is 12.1. The van der Waals surface area contributed by atoms with Gasteiger partial charge in [-0.3, -0.25) is 0 Å². The SMILES string of the molecule is PP(P)C(P)(P)P. The summed E-state index contributed by atoms with van der Waals surface area (Å²) in [6.45, 7) is 0. The van der Waals surface area contributed by atoms with Gasteiger partial charge in [-0.25, -0.2) is 0 Å². The van der Waals surface area contributed by atoms with Crippen LogP contribution in [0.15, 0.2) is 0 Å². The molecule has 0 radical (unpaired) electrons. The van der Waals surface area contributed by atoms with E-state index in [0.717, 1.165) is 0 Å². The highest BCUT2D eigenvalue weighted by atomic mass is 32.4. The van der Waals surface area contributed by atoms with Gasteiger partial charge in [0.15, 0.2) is 0 Å². The average Bonchev–Trinajstić information content (AvgIpc) is 1.31. The van der Waals surface area contributed by atoms with Crippen LogP contribution in [0.3, 0.4) is 0 Å². The fourth-order valence-corrected chi connectivity index (χ4v) is 0. The Bertz CT molecular complexity index is 49.7. The third-order valence-electron chi connectivity index (χ3n) is 0.447. The molecule has 0 saturated carbocycles. The number of hydrogen-bond donors (Lipinski definition) is 0. The van der Waals surface area contributed by atoms with Crippen molar-refractivity contribution in [2.75, 3.05) is 0 Å². The zero-order chi connectivity index (χ0) is 6.08. The molecule has 0 aliphatic rings. The van der Waals surface area contributed by atoms with E-state index in [1.54, 1.807) is 0 Å². The van der Waals surface area contributed by atoms with Crippen LogP contribution < -0.4 is 0 Å². The summed E-state index contributed by atoms with van der Waals surface area (Å²) in [5.41, 5.74) is 0. The van der Waals surface area contributed by atoms with Crippen molar-refractivity contribution in [3.63, 3.8) is 0 Å². The van der Waals surface area contributed by atoms with Crippen LogP contribution in [0.4, 0.5) is 0 Å². The average molecular weight is 208 g/mol. The Kier molecular flexibility index (Phi) is 5.03. The zero-order valence-electron chi connectivity index (χ0n) is 3.83. The molecule has 6 heteroatoms. The molecule has 7 heavy (non-hydrogen) atoms. The summed E-state index contributed by atoms with van der Waals surface area (Å²) < 4.78 is 0.241. The highest BCUT2D eigenvalue weighted by molar-refractivity contribution is 8.47. The molecule has 0 aliphatic heterocycles. The molecular weight excluding hydrogens is 198 g/mol. The molecule has 44 valence electrons. The topological polar surface area (TPSA) is 0 Å². The van der Waals surface area contributed by atoms with Crippen molar-refractivity contribution in [2.45, 2.75) is 4.38 Å². The lowest BCUT2D eigenvalue weighted by Crippen LogP contribution is -1.83. The molecule has 0 amide bonds. The van der Waals surface area contributed by atoms with Gasteiger partial charge in [-0.2, -0.15) is 0 Å². The second-order valence-electron chi connectivity index (χ2n) is 1.29. The van der Waals surface area contributed by atoms with Crippen molar-refractivity contribution < 1.29 is 0 Å². The lowest BCUT2D eigenvalue weighted by atomic mass is 11.8. The van der Waals surface area contributed by atoms with E-state index in [0.29, 0.717) is 0 Å². The van der Waals surface area contributed by atoms with Gasteiger partial charge in [0.25, 0.3) is 0 Å². The fourth-order valence-electron chi connectivity index (χ4n) is 0. The van der Waals surface area contributed by atoms with E-state index < -0.39 is 0 Å². The molecule has 0 nitrogen and oxygen atoms in total. The molecule has 0 bridgehead atoms. The first-order chi connectivity index (χ1) is 2.94. The molecule has 0 aromatic heterocycles. The van der Waals surface area contributed by atoms with Crippen LogP contribution in [0.2, 0.25) is 0 Å². The quantitative estimate of drug-likeness (QED) is 0.579. The first-order valence-electron chi connectivity index (χ1n) is 1.61. The smallest absolute Gasteiger partial charge is 0.0391 e. The van der Waals surface area contributed by atoms with E-state index in [4.69, 9.17) is 0 Å². The molecule has 0 N–H and O–H groups in total. The minimum atomic E-state index is -0.0193. The maximum Gasteiger partial charge on any atom is 0.0391 e. The van der Waals surface area contributed by atoms with Gasteiger partial charge in [0.1, 0.15) is 0 Å². The van der Waals surface area contributed by atoms with Gasteiger partial charge < -0.3 is 0 Å². The zero-order valence-corrected chi connectivity index (χ0v) is 10.5. The number of rotatable bonds is 1. The second-order valence-corrected chi connectivity index (χ2v) is 14.3. The molecule has 5 atom stereocenters. The monoisotopic (exact) mass is 208 g/mol. The molecule has 0 heterocycles. The second kappa shape index (κ2) is 3.68. The molecular formula is CH10P6. The molecule has 0 fully saturated rings. The Morgan fingerprint density at radius 3 is 1.14 bits per heavy atom. The normalized spacial score (nSPS) is 12.9. The van der Waals surface area contributed by atoms with E-state index >= 15 is 0 Å². The Hall–Kier alpha value is 2.58. The molecule has 0 aromatic carbocycles. The first kappa shape index (κ1) is 9.58. The minimum absolute atomic E-state index is 0.0193. The Morgan fingerprint density at radius 2 is 1.14 bits per heavy atom. The van der Waals surface area contributed by atoms with Gasteiger partial charge in [-0.1, -0.05) is 7.30 Å². The fraction of sp³-hybridized carbons (Fsp3) is 1.00. The Morgan fingerprint density at radius 1 is 1.00 bits per heavy atom. The first-order valence-corrected chi connectivity index (χ1v) is 7.92. The van der Waals surface area contributed by atoms with Crippen LogP contribution in [-0.2, 0) is 0 Å². The summed E-state index contributed by atoms with van der Waals surface area (Å²) in [5, 5.41) is 0. The van der Waals surface area contributed by atoms with Gasteiger partial charge in [0.05, 0.1) is 0 Å². The van der Waals surface area contributed by atoms with Gasteiger partial charge in [0.2, 0.25) is 0 Å². The molecule has 0 aromatic rings. The largest absolute Gasteiger partial charge is 0.118 e. The predicted molar refractivity (Wildman–Crippen MR) is 58.2 cm³/mol. The van der Waals surface area contributed by atoms with Crippen LogP contribution in [0.5, 0.6) is 0 Å². The van der Waals surface area contributed by atoms with Crippen LogP contribution in [-0.4, -0.2) is 4.38 Å². The molecule has 5 unspecified atom stereocenters. The summed E-state index contributed by atoms with van der Waals surface area (Å²) in [6.07, 6.45) is 0. The predicted octanol–water partition coefficient (Wildman–Crippen LogP) is 2.29. The molecule has 0 aliphatic carbocycles. The molecule has 0 saturated heterocycles. The summed E-state index contributed by atoms with van der Waals surface area (Å²) in [7, 11) is 13.7. The van der Waals surface area contributed by atoms with Crippen molar-refractivity contribution in [1.29, 1.82) is 0 Å². The summed E-state index contributed by atoms with van der Waals surface area (Å²) in [4.78, 5) is 0. The van der Waals surface area contributed by atoms with Crippen LogP contribution in [0.1, 0.15) is 0 Å². The molecule has 0 rings (SSSR count). The third kappa shape index (κ3) is 5.05. The van der Waals surface area contributed by atoms with Crippen molar-refractivity contribution >= 4 is 52.9 Å². The highest BCUT2D eigenvalue weighted by Crippen LogP contribution is 2.72. The van der Waals surface area contributed by atoms with Gasteiger partial charge >= 0.3 is 0 Å². The number of hydrogen-bond acceptors (Lipinski definition) is 0. The van der Waals surface area contributed by atoms with E-state index in [1.165, 1.54) is 0 Å². The standard InChI is InChI=1S/CH10P6/c2-1(3,4)7(5)6/h2-6H2. The Labute approximate surface area is 57.7 Å². The Balaban J connectivity index is 3.54. The van der Waals surface area contributed by atoms with Crippen LogP contribution >= 0.6 is 52.9 Å². The lowest BCUT2D eigenvalue weighted by Gasteiger charge is -2.21. The van der Waals surface area contributed by atoms with E-state index in [9.17, 15) is 0 Å². The van der Waals surface area contributed by atoms with Crippen molar-refractivity contribution in [2.24, 2.45) is 0 Å². The maximum atomic E-state index is 2.77. The lowest BCUT2D eigenvalue weighted by molar-refractivity contribution is 1.92. The maximum absolute atomic E-state index is 2.77. The van der Waals surface area contributed by atoms with Gasteiger partial charge in [-0.05, 0) is 0 Å². The molecule has 0 spiro atoms. The van der Waals surface area contributed by atoms with Crippen LogP contribution in [0.25, 0.3) is 0 Å². The van der Waals surface area contributed by atoms with Crippen molar-refractivity contribution in [3.05, 3.63) is 0 Å². The van der Waals surface area contributed by atoms with Gasteiger partial charge in [-0.15, -0.1) is 45.6 Å². The van der Waals surface area contributed by atoms with E-state index in [1.807, 2.05) is 0 Å². The highest BCUT2D eigenvalue weighted by Gasteiger charge is 2.14. The summed E-state index contributed by atoms with van der Waals surface area (Å²) in [5.74, 6) is 0. The van der Waals surface area contributed by atoms with Crippen molar-refractivity contribution in [1.82, 2.24) is 0 Å². The van der Waals surface area contributed by atoms with Gasteiger partial charge in [0, 0.05) is 4.38 Å². The van der Waals surface area contributed by atoms with E-state index in [2.05, 4.69) is 45.6 Å². The minimum Gasteiger partial charge on any atom is -0.118 e. The van der Waals surface area contributed by atoms with Crippen LogP contribution in [0, 0.1) is 0 Å². The van der Waals surface area contributed by atoms with Crippen molar-refractivity contribution in [3.8, 4) is 0 Å². The summed E-state index contributed by atoms with van der Waals surface area (Å²) >= 11 is 0.